The minimum atomic E-state index is -0.595. The number of nitrogens with zero attached hydrogens (tertiary/aromatic N) is 5. The molecule has 2 aromatic carbocycles. The molecule has 1 saturated heterocycles. The number of hydrogen-bond acceptors (Lipinski definition) is 6. The number of anilines is 2. The van der Waals surface area contributed by atoms with Gasteiger partial charge in [-0.3, -0.25) is 14.6 Å². The minimum Gasteiger partial charge on any atom is -0.505 e. The molecular weight excluding hydrogens is 529 g/mol. The van der Waals surface area contributed by atoms with Crippen LogP contribution in [0.25, 0.3) is 22.4 Å². The van der Waals surface area contributed by atoms with E-state index in [1.165, 1.54) is 18.3 Å². The maximum absolute atomic E-state index is 15.2. The lowest BCUT2D eigenvalue weighted by Gasteiger charge is -2.43. The van der Waals surface area contributed by atoms with E-state index in [2.05, 4.69) is 35.6 Å². The molecule has 212 valence electrons. The van der Waals surface area contributed by atoms with Crippen LogP contribution in [0.1, 0.15) is 26.5 Å². The number of rotatable bonds is 7. The third kappa shape index (κ3) is 6.57. The van der Waals surface area contributed by atoms with Crippen molar-refractivity contribution in [2.75, 3.05) is 50.1 Å². The maximum Gasteiger partial charge on any atom is 0.218 e. The normalized spacial score (nSPS) is 14.6. The van der Waals surface area contributed by atoms with Crippen LogP contribution >= 0.6 is 11.6 Å². The highest BCUT2D eigenvalue weighted by Gasteiger charge is 2.26. The number of hydrogen-bond donors (Lipinski definition) is 1. The topological polar surface area (TPSA) is 63.2 Å². The lowest BCUT2D eigenvalue weighted by molar-refractivity contribution is -0.107. The number of amides is 1. The molecule has 3 aromatic rings. The lowest BCUT2D eigenvalue weighted by Crippen LogP contribution is -2.53. The third-order valence-corrected chi connectivity index (χ3v) is 7.26. The van der Waals surface area contributed by atoms with Gasteiger partial charge in [-0.05, 0) is 69.7 Å². The van der Waals surface area contributed by atoms with Crippen molar-refractivity contribution >= 4 is 29.4 Å². The van der Waals surface area contributed by atoms with Crippen molar-refractivity contribution in [3.63, 3.8) is 0 Å². The van der Waals surface area contributed by atoms with Gasteiger partial charge in [-0.25, -0.2) is 9.37 Å². The Bertz CT molecular complexity index is 1410. The molecule has 1 amide bonds. The Morgan fingerprint density at radius 3 is 2.30 bits per heavy atom. The van der Waals surface area contributed by atoms with Crippen molar-refractivity contribution in [1.29, 1.82) is 0 Å². The average molecular weight is 566 g/mol. The molecule has 2 heterocycles. The van der Waals surface area contributed by atoms with E-state index in [9.17, 15) is 9.90 Å². The van der Waals surface area contributed by atoms with Crippen molar-refractivity contribution in [2.45, 2.75) is 33.2 Å². The fraction of sp³-hybridized carbons (Fsp3) is 0.355. The fourth-order valence-electron chi connectivity index (χ4n) is 4.88. The first-order valence-corrected chi connectivity index (χ1v) is 13.6. The summed E-state index contributed by atoms with van der Waals surface area (Å²) in [5.74, 6) is -0.661. The molecule has 1 aliphatic rings. The van der Waals surface area contributed by atoms with Crippen LogP contribution in [0.5, 0.6) is 5.75 Å². The van der Waals surface area contributed by atoms with Crippen LogP contribution in [0.15, 0.2) is 54.9 Å². The molecule has 0 unspecified atom stereocenters. The fourth-order valence-corrected chi connectivity index (χ4v) is 5.11. The van der Waals surface area contributed by atoms with Gasteiger partial charge in [0.25, 0.3) is 0 Å². The van der Waals surface area contributed by atoms with Gasteiger partial charge < -0.3 is 14.9 Å². The minimum absolute atomic E-state index is 0.0664. The van der Waals surface area contributed by atoms with Gasteiger partial charge in [-0.15, -0.1) is 0 Å². The maximum atomic E-state index is 15.2. The van der Waals surface area contributed by atoms with Crippen LogP contribution in [-0.2, 0) is 4.79 Å². The van der Waals surface area contributed by atoms with E-state index in [0.717, 1.165) is 36.8 Å². The highest BCUT2D eigenvalue weighted by molar-refractivity contribution is 6.31. The van der Waals surface area contributed by atoms with Crippen LogP contribution in [0.2, 0.25) is 5.02 Å². The van der Waals surface area contributed by atoms with Crippen LogP contribution in [0, 0.1) is 12.7 Å². The third-order valence-electron chi connectivity index (χ3n) is 7.05. The van der Waals surface area contributed by atoms with Crippen molar-refractivity contribution < 1.29 is 14.3 Å². The molecule has 1 aromatic heterocycles. The number of carbonyl (C=O) groups excluding carboxylic acids is 1. The quantitative estimate of drug-likeness (QED) is 0.347. The Morgan fingerprint density at radius 2 is 1.70 bits per heavy atom. The molecule has 0 saturated carbocycles. The van der Waals surface area contributed by atoms with Crippen molar-refractivity contribution in [3.05, 3.63) is 71.4 Å². The van der Waals surface area contributed by atoms with E-state index in [4.69, 9.17) is 11.6 Å². The predicted octanol–water partition coefficient (Wildman–Crippen LogP) is 6.14. The van der Waals surface area contributed by atoms with Crippen molar-refractivity contribution in [1.82, 2.24) is 14.8 Å². The van der Waals surface area contributed by atoms with Gasteiger partial charge in [0.1, 0.15) is 17.3 Å². The summed E-state index contributed by atoms with van der Waals surface area (Å²) in [6.07, 6.45) is 3.68. The standard InChI is InChI=1S/C31H37ClFN5O2/c1-21-15-26(22-7-8-28(27(33)18-22)37(20-39)10-9-35(5)6)30(40)29(34-21)23-16-24(32)19-25(17-23)36-11-13-38(14-12-36)31(2,3)4/h7-10,15-20,40H,11-14H2,1-6H3/b10-9-. The number of piperazine rings is 1. The summed E-state index contributed by atoms with van der Waals surface area (Å²) < 4.78 is 15.2. The lowest BCUT2D eigenvalue weighted by atomic mass is 9.99. The SMILES string of the molecule is Cc1cc(-c2ccc(N(C=O)/C=C\N(C)C)c(F)c2)c(O)c(-c2cc(Cl)cc(N3CCN(C(C)(C)C)CC3)c2)n1. The number of carbonyl (C=O) groups is 1. The Hall–Kier alpha value is -3.62. The molecule has 9 heteroatoms. The molecule has 0 spiro atoms. The van der Waals surface area contributed by atoms with Crippen molar-refractivity contribution in [3.8, 4) is 28.1 Å². The molecule has 1 fully saturated rings. The molecule has 1 N–H and O–H groups in total. The highest BCUT2D eigenvalue weighted by Crippen LogP contribution is 2.40. The van der Waals surface area contributed by atoms with E-state index in [1.54, 1.807) is 43.4 Å². The molecule has 0 atom stereocenters. The van der Waals surface area contributed by atoms with Gasteiger partial charge in [0.2, 0.25) is 6.41 Å². The summed E-state index contributed by atoms with van der Waals surface area (Å²) >= 11 is 6.56. The zero-order chi connectivity index (χ0) is 29.2. The Morgan fingerprint density at radius 1 is 1.00 bits per heavy atom. The Balaban J connectivity index is 1.68. The molecular formula is C31H37ClFN5O2. The van der Waals surface area contributed by atoms with Crippen LogP contribution < -0.4 is 9.80 Å². The van der Waals surface area contributed by atoms with E-state index >= 15 is 4.39 Å². The first-order valence-electron chi connectivity index (χ1n) is 13.3. The number of aromatic hydroxyl groups is 1. The highest BCUT2D eigenvalue weighted by atomic mass is 35.5. The Kier molecular flexibility index (Phi) is 8.71. The van der Waals surface area contributed by atoms with Crippen molar-refractivity contribution in [2.24, 2.45) is 0 Å². The smallest absolute Gasteiger partial charge is 0.218 e. The molecule has 40 heavy (non-hydrogen) atoms. The largest absolute Gasteiger partial charge is 0.505 e. The van der Waals surface area contributed by atoms with Gasteiger partial charge >= 0.3 is 0 Å². The van der Waals surface area contributed by atoms with Crippen LogP contribution in [-0.4, -0.2) is 72.1 Å². The number of aryl methyl sites for hydroxylation is 1. The van der Waals surface area contributed by atoms with E-state index in [-0.39, 0.29) is 17.0 Å². The second-order valence-corrected chi connectivity index (χ2v) is 11.7. The van der Waals surface area contributed by atoms with E-state index in [1.807, 2.05) is 19.1 Å². The monoisotopic (exact) mass is 565 g/mol. The second-order valence-electron chi connectivity index (χ2n) is 11.3. The van der Waals surface area contributed by atoms with Crippen LogP contribution in [0.3, 0.4) is 0 Å². The molecule has 0 bridgehead atoms. The second kappa shape index (κ2) is 11.9. The number of halogens is 2. The Labute approximate surface area is 241 Å². The number of pyridine rings is 1. The van der Waals surface area contributed by atoms with Gasteiger partial charge in [-0.1, -0.05) is 17.7 Å². The summed E-state index contributed by atoms with van der Waals surface area (Å²) in [7, 11) is 3.61. The molecule has 0 radical (unpaired) electrons. The first-order chi connectivity index (χ1) is 18.9. The van der Waals surface area contributed by atoms with E-state index in [0.29, 0.717) is 39.5 Å². The predicted molar refractivity (Wildman–Crippen MR) is 161 cm³/mol. The zero-order valence-electron chi connectivity index (χ0n) is 23.9. The average Bonchev–Trinajstić information content (AvgIpc) is 2.90. The summed E-state index contributed by atoms with van der Waals surface area (Å²) in [5, 5.41) is 11.9. The first kappa shape index (κ1) is 29.4. The molecule has 7 nitrogen and oxygen atoms in total. The van der Waals surface area contributed by atoms with Gasteiger partial charge in [-0.2, -0.15) is 0 Å². The number of benzene rings is 2. The zero-order valence-corrected chi connectivity index (χ0v) is 24.7. The van der Waals surface area contributed by atoms with Crippen LogP contribution in [0.4, 0.5) is 15.8 Å². The summed E-state index contributed by atoms with van der Waals surface area (Å²) in [4.78, 5) is 23.9. The van der Waals surface area contributed by atoms with Gasteiger partial charge in [0, 0.05) is 85.7 Å². The molecule has 1 aliphatic heterocycles. The van der Waals surface area contributed by atoms with E-state index < -0.39 is 5.82 Å². The summed E-state index contributed by atoms with van der Waals surface area (Å²) in [6.45, 7) is 12.1. The molecule has 0 aliphatic carbocycles. The summed E-state index contributed by atoms with van der Waals surface area (Å²) in [6, 6.07) is 11.9. The number of aromatic nitrogens is 1. The summed E-state index contributed by atoms with van der Waals surface area (Å²) in [5.41, 5.74) is 3.81. The van der Waals surface area contributed by atoms with Gasteiger partial charge in [0.15, 0.2) is 0 Å². The van der Waals surface area contributed by atoms with Gasteiger partial charge in [0.05, 0.1) is 5.69 Å². The molecule has 4 rings (SSSR count).